The number of hydrogen-bond donors (Lipinski definition) is 1. The van der Waals surface area contributed by atoms with E-state index in [1.165, 1.54) is 51.7 Å². The Bertz CT molecular complexity index is 196. The highest BCUT2D eigenvalue weighted by Gasteiger charge is 2.08. The lowest BCUT2D eigenvalue weighted by Gasteiger charge is -2.23. The predicted molar refractivity (Wildman–Crippen MR) is 87.8 cm³/mol. The van der Waals surface area contributed by atoms with Crippen LogP contribution in [0.4, 0.5) is 0 Å². The van der Waals surface area contributed by atoms with Crippen LogP contribution in [-0.2, 0) is 0 Å². The van der Waals surface area contributed by atoms with Crippen molar-refractivity contribution in [1.82, 2.24) is 10.2 Å². The molecule has 0 fully saturated rings. The van der Waals surface area contributed by atoms with E-state index in [2.05, 4.69) is 51.8 Å². The average Bonchev–Trinajstić information content (AvgIpc) is 2.34. The molecule has 2 nitrogen and oxygen atoms in total. The molecule has 0 heterocycles. The van der Waals surface area contributed by atoms with E-state index in [-0.39, 0.29) is 5.54 Å². The molecule has 0 aromatic heterocycles. The number of unbranched alkanes of at least 4 members (excludes halogenated alkanes) is 3. The van der Waals surface area contributed by atoms with Crippen LogP contribution in [0, 0.1) is 5.92 Å². The predicted octanol–water partition coefficient (Wildman–Crippen LogP) is 4.30. The smallest absolute Gasteiger partial charge is 0.00965 e. The fourth-order valence-electron chi connectivity index (χ4n) is 2.23. The Kier molecular flexibility index (Phi) is 10.6. The molecule has 0 aromatic rings. The SMILES string of the molecule is CCC(C)CN(CC)CCCCCCNC(C)(C)C. The van der Waals surface area contributed by atoms with E-state index in [9.17, 15) is 0 Å². The maximum atomic E-state index is 3.56. The third-order valence-corrected chi connectivity index (χ3v) is 3.77. The summed E-state index contributed by atoms with van der Waals surface area (Å²) < 4.78 is 0. The van der Waals surface area contributed by atoms with Gasteiger partial charge in [-0.1, -0.05) is 40.0 Å². The first-order valence-electron chi connectivity index (χ1n) is 8.36. The van der Waals surface area contributed by atoms with Gasteiger partial charge in [-0.2, -0.15) is 0 Å². The normalized spacial score (nSPS) is 14.1. The van der Waals surface area contributed by atoms with Crippen molar-refractivity contribution in [3.05, 3.63) is 0 Å². The standard InChI is InChI=1S/C17H38N2/c1-7-16(3)15-19(8-2)14-12-10-9-11-13-18-17(4,5)6/h16,18H,7-15H2,1-6H3. The maximum absolute atomic E-state index is 3.56. The van der Waals surface area contributed by atoms with Gasteiger partial charge < -0.3 is 10.2 Å². The van der Waals surface area contributed by atoms with E-state index in [1.54, 1.807) is 0 Å². The van der Waals surface area contributed by atoms with E-state index in [0.717, 1.165) is 12.5 Å². The van der Waals surface area contributed by atoms with Crippen molar-refractivity contribution in [3.63, 3.8) is 0 Å². The van der Waals surface area contributed by atoms with E-state index in [1.807, 2.05) is 0 Å². The minimum Gasteiger partial charge on any atom is -0.312 e. The lowest BCUT2D eigenvalue weighted by atomic mass is 10.1. The van der Waals surface area contributed by atoms with Crippen LogP contribution in [0.5, 0.6) is 0 Å². The summed E-state index contributed by atoms with van der Waals surface area (Å²) in [6.07, 6.45) is 6.72. The summed E-state index contributed by atoms with van der Waals surface area (Å²) in [5, 5.41) is 3.56. The highest BCUT2D eigenvalue weighted by atomic mass is 15.1. The van der Waals surface area contributed by atoms with Gasteiger partial charge in [-0.05, 0) is 59.2 Å². The minimum atomic E-state index is 0.273. The van der Waals surface area contributed by atoms with Gasteiger partial charge in [0.15, 0.2) is 0 Å². The number of nitrogens with one attached hydrogen (secondary N) is 1. The summed E-state index contributed by atoms with van der Waals surface area (Å²) in [4.78, 5) is 2.61. The zero-order valence-corrected chi connectivity index (χ0v) is 14.4. The van der Waals surface area contributed by atoms with Crippen molar-refractivity contribution in [3.8, 4) is 0 Å². The van der Waals surface area contributed by atoms with Crippen molar-refractivity contribution in [2.45, 2.75) is 79.2 Å². The third kappa shape index (κ3) is 12.7. The van der Waals surface area contributed by atoms with Crippen LogP contribution in [0.25, 0.3) is 0 Å². The van der Waals surface area contributed by atoms with Gasteiger partial charge in [-0.15, -0.1) is 0 Å². The van der Waals surface area contributed by atoms with Gasteiger partial charge in [0.1, 0.15) is 0 Å². The van der Waals surface area contributed by atoms with Gasteiger partial charge in [0.2, 0.25) is 0 Å². The van der Waals surface area contributed by atoms with Crippen molar-refractivity contribution in [2.75, 3.05) is 26.2 Å². The molecule has 0 spiro atoms. The monoisotopic (exact) mass is 270 g/mol. The van der Waals surface area contributed by atoms with Gasteiger partial charge in [0.25, 0.3) is 0 Å². The largest absolute Gasteiger partial charge is 0.312 e. The topological polar surface area (TPSA) is 15.3 Å². The second-order valence-electron chi connectivity index (χ2n) is 7.00. The van der Waals surface area contributed by atoms with Crippen LogP contribution >= 0.6 is 0 Å². The molecule has 2 heteroatoms. The minimum absolute atomic E-state index is 0.273. The second kappa shape index (κ2) is 10.7. The molecule has 0 saturated carbocycles. The van der Waals surface area contributed by atoms with Gasteiger partial charge in [-0.25, -0.2) is 0 Å². The summed E-state index contributed by atoms with van der Waals surface area (Å²) in [7, 11) is 0. The number of rotatable bonds is 11. The molecule has 19 heavy (non-hydrogen) atoms. The lowest BCUT2D eigenvalue weighted by Crippen LogP contribution is -2.36. The number of nitrogens with zero attached hydrogens (tertiary/aromatic N) is 1. The summed E-state index contributed by atoms with van der Waals surface area (Å²) in [6.45, 7) is 18.6. The van der Waals surface area contributed by atoms with Gasteiger partial charge in [0, 0.05) is 12.1 Å². The molecule has 0 aliphatic carbocycles. The number of hydrogen-bond acceptors (Lipinski definition) is 2. The first kappa shape index (κ1) is 18.9. The summed E-state index contributed by atoms with van der Waals surface area (Å²) >= 11 is 0. The highest BCUT2D eigenvalue weighted by molar-refractivity contribution is 4.69. The van der Waals surface area contributed by atoms with E-state index in [4.69, 9.17) is 0 Å². The quantitative estimate of drug-likeness (QED) is 0.563. The zero-order chi connectivity index (χ0) is 14.7. The lowest BCUT2D eigenvalue weighted by molar-refractivity contribution is 0.240. The Morgan fingerprint density at radius 3 is 2.16 bits per heavy atom. The molecule has 0 aromatic carbocycles. The molecule has 1 N–H and O–H groups in total. The fourth-order valence-corrected chi connectivity index (χ4v) is 2.23. The maximum Gasteiger partial charge on any atom is 0.00965 e. The van der Waals surface area contributed by atoms with E-state index < -0.39 is 0 Å². The molecule has 0 aliphatic heterocycles. The molecule has 0 rings (SSSR count). The van der Waals surface area contributed by atoms with Gasteiger partial charge in [-0.3, -0.25) is 0 Å². The van der Waals surface area contributed by atoms with Crippen molar-refractivity contribution < 1.29 is 0 Å². The second-order valence-corrected chi connectivity index (χ2v) is 7.00. The molecule has 0 radical (unpaired) electrons. The van der Waals surface area contributed by atoms with Crippen LogP contribution in [0.1, 0.15) is 73.6 Å². The molecule has 0 aliphatic rings. The van der Waals surface area contributed by atoms with Crippen molar-refractivity contribution >= 4 is 0 Å². The van der Waals surface area contributed by atoms with E-state index in [0.29, 0.717) is 0 Å². The van der Waals surface area contributed by atoms with Crippen LogP contribution in [0.3, 0.4) is 0 Å². The van der Waals surface area contributed by atoms with Crippen LogP contribution < -0.4 is 5.32 Å². The summed E-state index contributed by atoms with van der Waals surface area (Å²) in [5.74, 6) is 0.843. The fraction of sp³-hybridized carbons (Fsp3) is 1.00. The molecule has 116 valence electrons. The first-order valence-corrected chi connectivity index (χ1v) is 8.36. The first-order chi connectivity index (χ1) is 8.89. The molecular formula is C17H38N2. The highest BCUT2D eigenvalue weighted by Crippen LogP contribution is 2.07. The van der Waals surface area contributed by atoms with Crippen molar-refractivity contribution in [2.24, 2.45) is 5.92 Å². The van der Waals surface area contributed by atoms with Crippen molar-refractivity contribution in [1.29, 1.82) is 0 Å². The molecule has 0 bridgehead atoms. The molecule has 1 unspecified atom stereocenters. The molecular weight excluding hydrogens is 232 g/mol. The molecule has 0 saturated heterocycles. The van der Waals surface area contributed by atoms with Crippen LogP contribution in [0.15, 0.2) is 0 Å². The Balaban J connectivity index is 3.46. The van der Waals surface area contributed by atoms with Gasteiger partial charge in [0.05, 0.1) is 0 Å². The Hall–Kier alpha value is -0.0800. The van der Waals surface area contributed by atoms with Crippen LogP contribution in [0.2, 0.25) is 0 Å². The Morgan fingerprint density at radius 1 is 1.00 bits per heavy atom. The Morgan fingerprint density at radius 2 is 1.63 bits per heavy atom. The van der Waals surface area contributed by atoms with E-state index >= 15 is 0 Å². The summed E-state index contributed by atoms with van der Waals surface area (Å²) in [5.41, 5.74) is 0.273. The molecule has 1 atom stereocenters. The Labute approximate surface area is 122 Å². The average molecular weight is 271 g/mol. The summed E-state index contributed by atoms with van der Waals surface area (Å²) in [6, 6.07) is 0. The molecule has 0 amide bonds. The van der Waals surface area contributed by atoms with Crippen LogP contribution in [-0.4, -0.2) is 36.6 Å². The third-order valence-electron chi connectivity index (χ3n) is 3.77. The zero-order valence-electron chi connectivity index (χ0n) is 14.4. The van der Waals surface area contributed by atoms with Gasteiger partial charge >= 0.3 is 0 Å².